The van der Waals surface area contributed by atoms with Crippen molar-refractivity contribution in [2.75, 3.05) is 0 Å². The van der Waals surface area contributed by atoms with Crippen LogP contribution in [0.15, 0.2) is 72.8 Å². The minimum absolute atomic E-state index is 0.0756. The molecule has 3 aromatic rings. The Kier molecular flexibility index (Phi) is 4.92. The van der Waals surface area contributed by atoms with Crippen LogP contribution < -0.4 is 0 Å². The number of aromatic hydroxyl groups is 1. The van der Waals surface area contributed by atoms with Crippen LogP contribution in [0.2, 0.25) is 5.02 Å². The van der Waals surface area contributed by atoms with Crippen LogP contribution in [0.1, 0.15) is 47.9 Å². The van der Waals surface area contributed by atoms with Crippen LogP contribution in [0.4, 0.5) is 0 Å². The van der Waals surface area contributed by atoms with Crippen molar-refractivity contribution in [3.8, 4) is 5.75 Å². The minimum atomic E-state index is 0.0756. The molecule has 3 aromatic carbocycles. The summed E-state index contributed by atoms with van der Waals surface area (Å²) >= 11 is 6.33. The normalized spacial score (nSPS) is 13.5. The van der Waals surface area contributed by atoms with E-state index in [0.717, 1.165) is 16.7 Å². The van der Waals surface area contributed by atoms with E-state index in [2.05, 4.69) is 44.2 Å². The van der Waals surface area contributed by atoms with Gasteiger partial charge in [-0.2, -0.15) is 0 Å². The molecule has 2 unspecified atom stereocenters. The fourth-order valence-corrected chi connectivity index (χ4v) is 3.31. The molecule has 0 radical (unpaired) electrons. The van der Waals surface area contributed by atoms with E-state index in [1.807, 2.05) is 42.5 Å². The third-order valence-electron chi connectivity index (χ3n) is 4.68. The molecule has 122 valence electrons. The van der Waals surface area contributed by atoms with E-state index in [1.54, 1.807) is 0 Å². The zero-order valence-electron chi connectivity index (χ0n) is 13.9. The van der Waals surface area contributed by atoms with Gasteiger partial charge in [-0.3, -0.25) is 0 Å². The monoisotopic (exact) mass is 336 g/mol. The Morgan fingerprint density at radius 2 is 1.21 bits per heavy atom. The second kappa shape index (κ2) is 7.11. The Bertz CT molecular complexity index is 812. The summed E-state index contributed by atoms with van der Waals surface area (Å²) in [5.74, 6) is 0.467. The molecule has 3 rings (SSSR count). The van der Waals surface area contributed by atoms with Crippen LogP contribution >= 0.6 is 11.6 Å². The molecule has 0 fully saturated rings. The summed E-state index contributed by atoms with van der Waals surface area (Å²) in [5, 5.41) is 10.9. The van der Waals surface area contributed by atoms with Gasteiger partial charge in [0.25, 0.3) is 0 Å². The summed E-state index contributed by atoms with van der Waals surface area (Å²) < 4.78 is 0. The number of hydrogen-bond donors (Lipinski definition) is 1. The zero-order valence-corrected chi connectivity index (χ0v) is 14.7. The average molecular weight is 337 g/mol. The number of phenolic OH excluding ortho intramolecular Hbond substituents is 1. The van der Waals surface area contributed by atoms with Gasteiger partial charge in [-0.25, -0.2) is 0 Å². The second-order valence-corrected chi connectivity index (χ2v) is 6.61. The van der Waals surface area contributed by atoms with Crippen LogP contribution in [0.25, 0.3) is 0 Å². The van der Waals surface area contributed by atoms with Crippen LogP contribution in [0.5, 0.6) is 5.75 Å². The molecule has 0 aliphatic heterocycles. The zero-order chi connectivity index (χ0) is 17.1. The lowest BCUT2D eigenvalue weighted by atomic mass is 9.87. The Hall–Kier alpha value is -2.25. The third-order valence-corrected chi connectivity index (χ3v) is 4.97. The van der Waals surface area contributed by atoms with Gasteiger partial charge < -0.3 is 5.11 Å². The smallest absolute Gasteiger partial charge is 0.137 e. The summed E-state index contributed by atoms with van der Waals surface area (Å²) in [7, 11) is 0. The first-order chi connectivity index (χ1) is 11.6. The molecule has 0 amide bonds. The molecule has 2 atom stereocenters. The van der Waals surface area contributed by atoms with Crippen molar-refractivity contribution in [1.82, 2.24) is 0 Å². The number of hydrogen-bond acceptors (Lipinski definition) is 1. The van der Waals surface area contributed by atoms with Crippen molar-refractivity contribution in [3.05, 3.63) is 100 Å². The molecule has 0 spiro atoms. The van der Waals surface area contributed by atoms with E-state index in [1.165, 1.54) is 5.56 Å². The highest BCUT2D eigenvalue weighted by Gasteiger charge is 2.19. The van der Waals surface area contributed by atoms with Crippen molar-refractivity contribution < 1.29 is 5.11 Å². The predicted molar refractivity (Wildman–Crippen MR) is 101 cm³/mol. The highest BCUT2D eigenvalue weighted by Crippen LogP contribution is 2.39. The second-order valence-electron chi connectivity index (χ2n) is 6.21. The van der Waals surface area contributed by atoms with Gasteiger partial charge in [-0.05, 0) is 22.8 Å². The molecule has 0 aromatic heterocycles. The summed E-state index contributed by atoms with van der Waals surface area (Å²) in [6.07, 6.45) is 0. The van der Waals surface area contributed by atoms with Crippen molar-refractivity contribution in [3.63, 3.8) is 0 Å². The van der Waals surface area contributed by atoms with Gasteiger partial charge in [-0.15, -0.1) is 0 Å². The predicted octanol–water partition coefficient (Wildman–Crippen LogP) is 6.35. The molecule has 1 N–H and O–H groups in total. The minimum Gasteiger partial charge on any atom is -0.506 e. The van der Waals surface area contributed by atoms with Gasteiger partial charge in [0.1, 0.15) is 5.75 Å². The van der Waals surface area contributed by atoms with Crippen molar-refractivity contribution in [2.24, 2.45) is 0 Å². The Morgan fingerprint density at radius 1 is 0.708 bits per heavy atom. The number of phenols is 1. The summed E-state index contributed by atoms with van der Waals surface area (Å²) in [5.41, 5.74) is 4.37. The Labute approximate surface area is 148 Å². The summed E-state index contributed by atoms with van der Waals surface area (Å²) in [4.78, 5) is 0. The Morgan fingerprint density at radius 3 is 1.75 bits per heavy atom. The lowest BCUT2D eigenvalue weighted by Crippen LogP contribution is -2.01. The molecule has 0 heterocycles. The maximum atomic E-state index is 10.5. The first kappa shape index (κ1) is 16.6. The van der Waals surface area contributed by atoms with Gasteiger partial charge in [-0.1, -0.05) is 92.2 Å². The van der Waals surface area contributed by atoms with Gasteiger partial charge >= 0.3 is 0 Å². The van der Waals surface area contributed by atoms with Crippen molar-refractivity contribution in [1.29, 1.82) is 0 Å². The largest absolute Gasteiger partial charge is 0.506 e. The van der Waals surface area contributed by atoms with Gasteiger partial charge in [0.05, 0.1) is 5.02 Å². The lowest BCUT2D eigenvalue weighted by molar-refractivity contribution is 0.466. The fraction of sp³-hybridized carbons (Fsp3) is 0.182. The highest BCUT2D eigenvalue weighted by molar-refractivity contribution is 6.32. The first-order valence-electron chi connectivity index (χ1n) is 8.20. The molecule has 0 bridgehead atoms. The fourth-order valence-electron chi connectivity index (χ4n) is 3.08. The molecule has 0 aliphatic rings. The quantitative estimate of drug-likeness (QED) is 0.588. The number of halogens is 1. The maximum absolute atomic E-state index is 10.5. The van der Waals surface area contributed by atoms with E-state index < -0.39 is 0 Å². The van der Waals surface area contributed by atoms with Crippen molar-refractivity contribution in [2.45, 2.75) is 25.7 Å². The van der Waals surface area contributed by atoms with Gasteiger partial charge in [0, 0.05) is 17.4 Å². The molecule has 1 nitrogen and oxygen atoms in total. The summed E-state index contributed by atoms with van der Waals surface area (Å²) in [6, 6.07) is 24.5. The van der Waals surface area contributed by atoms with Crippen LogP contribution in [-0.2, 0) is 0 Å². The van der Waals surface area contributed by atoms with Crippen LogP contribution in [0.3, 0.4) is 0 Å². The molecular formula is C22H21ClO. The lowest BCUT2D eigenvalue weighted by Gasteiger charge is -2.19. The van der Waals surface area contributed by atoms with E-state index in [-0.39, 0.29) is 17.6 Å². The van der Waals surface area contributed by atoms with E-state index in [0.29, 0.717) is 5.02 Å². The molecular weight excluding hydrogens is 316 g/mol. The standard InChI is InChI=1S/C22H21ClO/c1-15(17-9-5-3-6-10-17)19-13-20(22(24)21(23)14-19)16(2)18-11-7-4-8-12-18/h3-16,24H,1-2H3. The SMILES string of the molecule is CC(c1ccccc1)c1cc(Cl)c(O)c(C(C)c2ccccc2)c1. The summed E-state index contributed by atoms with van der Waals surface area (Å²) in [6.45, 7) is 4.26. The van der Waals surface area contributed by atoms with E-state index in [9.17, 15) is 5.11 Å². The highest BCUT2D eigenvalue weighted by atomic mass is 35.5. The van der Waals surface area contributed by atoms with Gasteiger partial charge in [0.2, 0.25) is 0 Å². The van der Waals surface area contributed by atoms with E-state index in [4.69, 9.17) is 11.6 Å². The number of benzene rings is 3. The topological polar surface area (TPSA) is 20.2 Å². The molecule has 0 saturated heterocycles. The Balaban J connectivity index is 2.03. The maximum Gasteiger partial charge on any atom is 0.137 e. The molecule has 0 saturated carbocycles. The van der Waals surface area contributed by atoms with E-state index >= 15 is 0 Å². The molecule has 2 heteroatoms. The molecule has 24 heavy (non-hydrogen) atoms. The first-order valence-corrected chi connectivity index (χ1v) is 8.58. The third kappa shape index (κ3) is 3.32. The van der Waals surface area contributed by atoms with Crippen molar-refractivity contribution >= 4 is 11.6 Å². The molecule has 0 aliphatic carbocycles. The van der Waals surface area contributed by atoms with Crippen LogP contribution in [0, 0.1) is 0 Å². The number of rotatable bonds is 4. The van der Waals surface area contributed by atoms with Crippen LogP contribution in [-0.4, -0.2) is 5.11 Å². The van der Waals surface area contributed by atoms with Gasteiger partial charge in [0.15, 0.2) is 0 Å². The average Bonchev–Trinajstić information content (AvgIpc) is 2.64.